The number of methoxy groups -OCH3 is 2. The van der Waals surface area contributed by atoms with Gasteiger partial charge in [-0.05, 0) is 48.5 Å². The van der Waals surface area contributed by atoms with Gasteiger partial charge >= 0.3 is 0 Å². The summed E-state index contributed by atoms with van der Waals surface area (Å²) >= 11 is 9.02. The van der Waals surface area contributed by atoms with Crippen LogP contribution in [0.1, 0.15) is 18.9 Å². The molecule has 154 valence electrons. The van der Waals surface area contributed by atoms with Gasteiger partial charge in [0.15, 0.2) is 17.3 Å². The molecule has 1 aromatic heterocycles. The van der Waals surface area contributed by atoms with Crippen molar-refractivity contribution < 1.29 is 14.2 Å². The van der Waals surface area contributed by atoms with Crippen LogP contribution in [0.15, 0.2) is 40.9 Å². The standard InChI is InChI=1S/C20H23BrN4O3S/c1-4-9-28-18-11-15(21)13(10-17(18)27-3)12-22-25-19(23-24-20(25)29)14-7-5-6-8-16(14)26-2/h5-8,10-11,22H,4,9,12H2,1-3H3,(H,24,29). The molecular weight excluding hydrogens is 456 g/mol. The lowest BCUT2D eigenvalue weighted by Crippen LogP contribution is -2.16. The van der Waals surface area contributed by atoms with E-state index in [4.69, 9.17) is 26.4 Å². The largest absolute Gasteiger partial charge is 0.496 e. The molecule has 7 nitrogen and oxygen atoms in total. The molecule has 1 heterocycles. The van der Waals surface area contributed by atoms with Crippen molar-refractivity contribution >= 4 is 28.1 Å². The van der Waals surface area contributed by atoms with Crippen LogP contribution in [0.2, 0.25) is 0 Å². The van der Waals surface area contributed by atoms with E-state index in [1.54, 1.807) is 18.9 Å². The summed E-state index contributed by atoms with van der Waals surface area (Å²) in [4.78, 5) is 0. The van der Waals surface area contributed by atoms with E-state index in [1.165, 1.54) is 0 Å². The lowest BCUT2D eigenvalue weighted by molar-refractivity contribution is 0.294. The Labute approximate surface area is 183 Å². The highest BCUT2D eigenvalue weighted by atomic mass is 79.9. The molecule has 29 heavy (non-hydrogen) atoms. The van der Waals surface area contributed by atoms with E-state index in [-0.39, 0.29) is 0 Å². The number of aromatic nitrogens is 3. The number of rotatable bonds is 9. The van der Waals surface area contributed by atoms with Crippen LogP contribution in [0.4, 0.5) is 0 Å². The molecule has 3 rings (SSSR count). The number of nitrogens with zero attached hydrogens (tertiary/aromatic N) is 2. The number of nitrogens with one attached hydrogen (secondary N) is 2. The molecule has 0 radical (unpaired) electrons. The van der Waals surface area contributed by atoms with E-state index in [1.807, 2.05) is 36.4 Å². The summed E-state index contributed by atoms with van der Waals surface area (Å²) in [6.07, 6.45) is 0.925. The minimum Gasteiger partial charge on any atom is -0.496 e. The lowest BCUT2D eigenvalue weighted by Gasteiger charge is -2.16. The van der Waals surface area contributed by atoms with Gasteiger partial charge < -0.3 is 19.6 Å². The Kier molecular flexibility index (Phi) is 7.16. The van der Waals surface area contributed by atoms with Gasteiger partial charge in [0, 0.05) is 4.47 Å². The molecule has 0 saturated heterocycles. The Bertz CT molecular complexity index is 1030. The third kappa shape index (κ3) is 4.73. The summed E-state index contributed by atoms with van der Waals surface area (Å²) in [5, 5.41) is 7.19. The fraction of sp³-hybridized carbons (Fsp3) is 0.300. The number of halogens is 1. The second-order valence-electron chi connectivity index (χ2n) is 6.17. The van der Waals surface area contributed by atoms with Gasteiger partial charge in [0.2, 0.25) is 4.77 Å². The quantitative estimate of drug-likeness (QED) is 0.425. The van der Waals surface area contributed by atoms with Gasteiger partial charge in [-0.2, -0.15) is 5.10 Å². The summed E-state index contributed by atoms with van der Waals surface area (Å²) in [5.41, 5.74) is 5.13. The van der Waals surface area contributed by atoms with Gasteiger partial charge in [0.05, 0.1) is 32.9 Å². The molecule has 0 aliphatic carbocycles. The summed E-state index contributed by atoms with van der Waals surface area (Å²) in [6.45, 7) is 3.18. The lowest BCUT2D eigenvalue weighted by atomic mass is 10.2. The first kappa shape index (κ1) is 21.2. The van der Waals surface area contributed by atoms with Crippen molar-refractivity contribution in [2.24, 2.45) is 0 Å². The van der Waals surface area contributed by atoms with Crippen molar-refractivity contribution in [1.82, 2.24) is 14.9 Å². The Morgan fingerprint density at radius 3 is 2.62 bits per heavy atom. The van der Waals surface area contributed by atoms with Crippen LogP contribution < -0.4 is 19.6 Å². The van der Waals surface area contributed by atoms with Crippen molar-refractivity contribution in [3.8, 4) is 28.6 Å². The second-order valence-corrected chi connectivity index (χ2v) is 7.41. The number of benzene rings is 2. The Hall–Kier alpha value is -2.52. The van der Waals surface area contributed by atoms with Crippen molar-refractivity contribution in [3.63, 3.8) is 0 Å². The molecule has 3 aromatic rings. The van der Waals surface area contributed by atoms with E-state index >= 15 is 0 Å². The maximum absolute atomic E-state index is 5.76. The fourth-order valence-electron chi connectivity index (χ4n) is 2.81. The summed E-state index contributed by atoms with van der Waals surface area (Å²) in [6, 6.07) is 11.5. The minimum atomic E-state index is 0.455. The molecule has 0 aliphatic heterocycles. The molecule has 0 spiro atoms. The van der Waals surface area contributed by atoms with Crippen LogP contribution in [0.25, 0.3) is 11.4 Å². The minimum absolute atomic E-state index is 0.455. The highest BCUT2D eigenvalue weighted by Gasteiger charge is 2.15. The number of para-hydroxylation sites is 1. The van der Waals surface area contributed by atoms with Gasteiger partial charge in [-0.1, -0.05) is 35.0 Å². The molecule has 0 aliphatic rings. The van der Waals surface area contributed by atoms with E-state index in [2.05, 4.69) is 38.5 Å². The molecule has 0 fully saturated rings. The molecule has 0 unspecified atom stereocenters. The molecule has 0 saturated carbocycles. The maximum atomic E-state index is 5.76. The highest BCUT2D eigenvalue weighted by Crippen LogP contribution is 2.34. The van der Waals surface area contributed by atoms with Crippen LogP contribution in [-0.4, -0.2) is 35.7 Å². The van der Waals surface area contributed by atoms with Crippen molar-refractivity contribution in [2.75, 3.05) is 26.3 Å². The molecule has 2 N–H and O–H groups in total. The van der Waals surface area contributed by atoms with Crippen molar-refractivity contribution in [2.45, 2.75) is 19.9 Å². The predicted octanol–water partition coefficient (Wildman–Crippen LogP) is 4.92. The van der Waals surface area contributed by atoms with Crippen molar-refractivity contribution in [1.29, 1.82) is 0 Å². The van der Waals surface area contributed by atoms with E-state index in [0.29, 0.717) is 41.0 Å². The monoisotopic (exact) mass is 478 g/mol. The van der Waals surface area contributed by atoms with Gasteiger partial charge in [-0.15, -0.1) is 0 Å². The summed E-state index contributed by atoms with van der Waals surface area (Å²) in [5.74, 6) is 2.74. The van der Waals surface area contributed by atoms with Crippen LogP contribution in [0.5, 0.6) is 17.2 Å². The zero-order valence-electron chi connectivity index (χ0n) is 16.5. The topological polar surface area (TPSA) is 73.3 Å². The average molecular weight is 479 g/mol. The normalized spacial score (nSPS) is 10.6. The Morgan fingerprint density at radius 2 is 1.90 bits per heavy atom. The Morgan fingerprint density at radius 1 is 1.14 bits per heavy atom. The van der Waals surface area contributed by atoms with E-state index < -0.39 is 0 Å². The second kappa shape index (κ2) is 9.80. The zero-order valence-corrected chi connectivity index (χ0v) is 18.9. The molecule has 0 atom stereocenters. The first-order valence-electron chi connectivity index (χ1n) is 9.12. The van der Waals surface area contributed by atoms with Gasteiger partial charge in [-0.25, -0.2) is 9.77 Å². The Balaban J connectivity index is 1.88. The zero-order chi connectivity index (χ0) is 20.8. The number of aromatic amines is 1. The van der Waals surface area contributed by atoms with E-state index in [9.17, 15) is 0 Å². The van der Waals surface area contributed by atoms with Gasteiger partial charge in [0.1, 0.15) is 5.75 Å². The van der Waals surface area contributed by atoms with E-state index in [0.717, 1.165) is 22.0 Å². The smallest absolute Gasteiger partial charge is 0.214 e. The van der Waals surface area contributed by atoms with Crippen LogP contribution in [0.3, 0.4) is 0 Å². The highest BCUT2D eigenvalue weighted by molar-refractivity contribution is 9.10. The van der Waals surface area contributed by atoms with Gasteiger partial charge in [0.25, 0.3) is 0 Å². The number of hydrogen-bond acceptors (Lipinski definition) is 6. The number of hydrogen-bond donors (Lipinski definition) is 2. The third-order valence-corrected chi connectivity index (χ3v) is 5.25. The van der Waals surface area contributed by atoms with Crippen LogP contribution >= 0.6 is 28.1 Å². The van der Waals surface area contributed by atoms with Crippen LogP contribution in [0, 0.1) is 4.77 Å². The first-order chi connectivity index (χ1) is 14.1. The average Bonchev–Trinajstić information content (AvgIpc) is 3.11. The summed E-state index contributed by atoms with van der Waals surface area (Å²) < 4.78 is 19.8. The summed E-state index contributed by atoms with van der Waals surface area (Å²) in [7, 11) is 3.26. The van der Waals surface area contributed by atoms with Crippen molar-refractivity contribution in [3.05, 3.63) is 51.2 Å². The number of H-pyrrole nitrogens is 1. The molecule has 2 aromatic carbocycles. The molecule has 9 heteroatoms. The fourth-order valence-corrected chi connectivity index (χ4v) is 3.47. The SMILES string of the molecule is CCCOc1cc(Br)c(CNn2c(-c3ccccc3OC)n[nH]c2=S)cc1OC. The number of ether oxygens (including phenoxy) is 3. The first-order valence-corrected chi connectivity index (χ1v) is 10.3. The third-order valence-electron chi connectivity index (χ3n) is 4.24. The molecule has 0 bridgehead atoms. The predicted molar refractivity (Wildman–Crippen MR) is 119 cm³/mol. The van der Waals surface area contributed by atoms with Crippen LogP contribution in [-0.2, 0) is 6.54 Å². The molecule has 0 amide bonds. The van der Waals surface area contributed by atoms with Gasteiger partial charge in [-0.3, -0.25) is 0 Å². The molecular formula is C20H23BrN4O3S. The maximum Gasteiger partial charge on any atom is 0.214 e.